The molecule has 3 aromatic rings. The minimum atomic E-state index is -4.82. The maximum atomic E-state index is 12.9. The predicted octanol–water partition coefficient (Wildman–Crippen LogP) is 13.3. The van der Waals surface area contributed by atoms with E-state index in [1.54, 1.807) is 24.3 Å². The van der Waals surface area contributed by atoms with Crippen LogP contribution < -0.4 is 14.8 Å². The topological polar surface area (TPSA) is 42.9 Å². The molecule has 1 heterocycles. The van der Waals surface area contributed by atoms with Gasteiger partial charge < -0.3 is 14.8 Å². The van der Waals surface area contributed by atoms with Gasteiger partial charge in [0.25, 0.3) is 0 Å². The van der Waals surface area contributed by atoms with Gasteiger partial charge in [0, 0.05) is 29.4 Å². The SMILES string of the molecule is FC(F)(F)Oc1ccc(-c2cc(-c3ccc(OC(F)(F)F)cc3)cc(C3C=CC(C4=NC(C5C=CC=CC5)C(C5C=CCCC5)=C(C5=CC=CCC5)N4)CC3)c2)cc1. The molecule has 5 aliphatic rings. The van der Waals surface area contributed by atoms with Crippen molar-refractivity contribution in [1.29, 1.82) is 0 Å². The Balaban J connectivity index is 1.12. The minimum Gasteiger partial charge on any atom is -0.406 e. The molecule has 0 aromatic heterocycles. The highest BCUT2D eigenvalue weighted by Crippen LogP contribution is 2.42. The number of amidine groups is 1. The molecule has 3 aromatic carbocycles. The molecular formula is C48H44F6N2O2. The summed E-state index contributed by atoms with van der Waals surface area (Å²) in [5, 5.41) is 3.90. The molecule has 1 N–H and O–H groups in total. The zero-order chi connectivity index (χ0) is 40.3. The number of ether oxygens (including phenoxy) is 2. The number of halogens is 6. The third kappa shape index (κ3) is 9.43. The van der Waals surface area contributed by atoms with Crippen molar-refractivity contribution in [2.45, 2.75) is 76.1 Å². The van der Waals surface area contributed by atoms with Crippen LogP contribution in [-0.2, 0) is 0 Å². The lowest BCUT2D eigenvalue weighted by Crippen LogP contribution is -2.42. The molecule has 58 heavy (non-hydrogen) atoms. The first-order chi connectivity index (χ1) is 28.0. The first-order valence-electron chi connectivity index (χ1n) is 20.0. The molecule has 0 radical (unpaired) electrons. The van der Waals surface area contributed by atoms with Crippen LogP contribution in [0.5, 0.6) is 11.5 Å². The van der Waals surface area contributed by atoms with Crippen molar-refractivity contribution >= 4 is 5.84 Å². The van der Waals surface area contributed by atoms with Crippen LogP contribution in [0.3, 0.4) is 0 Å². The standard InChI is InChI=1S/C48H44F6N2O2/c49-47(50,51)57-41-24-20-32(21-25-41)39-28-38(29-40(30-39)33-22-26-42(27-23-33)58-48(52,53)54)31-16-18-37(19-17-31)46-55-44(35-12-6-2-7-13-35)43(34-10-4-1-5-11-34)45(56-46)36-14-8-3-9-15-36/h2-4,6-8,10,12,14,16,18,20-31,34-35,37,44H,1,5,9,11,13,15,17,19H2,(H,55,56). The van der Waals surface area contributed by atoms with E-state index < -0.39 is 12.7 Å². The highest BCUT2D eigenvalue weighted by atomic mass is 19.4. The Kier molecular flexibility index (Phi) is 11.4. The van der Waals surface area contributed by atoms with E-state index >= 15 is 0 Å². The molecule has 1 aliphatic heterocycles. The summed E-state index contributed by atoms with van der Waals surface area (Å²) >= 11 is 0. The molecule has 0 amide bonds. The Morgan fingerprint density at radius 1 is 0.603 bits per heavy atom. The van der Waals surface area contributed by atoms with Crippen LogP contribution in [0.15, 0.2) is 155 Å². The van der Waals surface area contributed by atoms with Gasteiger partial charge in [-0.15, -0.1) is 26.3 Å². The van der Waals surface area contributed by atoms with E-state index in [-0.39, 0.29) is 35.3 Å². The van der Waals surface area contributed by atoms with E-state index in [1.807, 2.05) is 18.2 Å². The first-order valence-corrected chi connectivity index (χ1v) is 20.0. The van der Waals surface area contributed by atoms with Gasteiger partial charge in [-0.25, -0.2) is 0 Å². The summed E-state index contributed by atoms with van der Waals surface area (Å²) in [7, 11) is 0. The van der Waals surface area contributed by atoms with Crippen molar-refractivity contribution in [3.05, 3.63) is 156 Å². The lowest BCUT2D eigenvalue weighted by Gasteiger charge is -2.39. The van der Waals surface area contributed by atoms with Crippen LogP contribution in [0.25, 0.3) is 22.3 Å². The second-order valence-electron chi connectivity index (χ2n) is 15.4. The average molecular weight is 795 g/mol. The molecule has 5 atom stereocenters. The Hall–Kier alpha value is -5.51. The van der Waals surface area contributed by atoms with Crippen molar-refractivity contribution in [1.82, 2.24) is 5.32 Å². The summed E-state index contributed by atoms with van der Waals surface area (Å²) in [6, 6.07) is 17.3. The second-order valence-corrected chi connectivity index (χ2v) is 15.4. The number of aliphatic imine (C=N–C) groups is 1. The Morgan fingerprint density at radius 2 is 1.26 bits per heavy atom. The van der Waals surface area contributed by atoms with Gasteiger partial charge in [0.05, 0.1) is 6.04 Å². The summed E-state index contributed by atoms with van der Waals surface area (Å²) in [6.45, 7) is 0. The molecule has 0 fully saturated rings. The van der Waals surface area contributed by atoms with E-state index in [0.717, 1.165) is 73.9 Å². The molecule has 4 aliphatic carbocycles. The maximum Gasteiger partial charge on any atom is 0.573 e. The molecule has 0 bridgehead atoms. The second kappa shape index (κ2) is 16.8. The van der Waals surface area contributed by atoms with Gasteiger partial charge in [0.15, 0.2) is 0 Å². The predicted molar refractivity (Wildman–Crippen MR) is 216 cm³/mol. The maximum absolute atomic E-state index is 12.9. The van der Waals surface area contributed by atoms with Crippen molar-refractivity contribution in [3.63, 3.8) is 0 Å². The normalized spacial score (nSPS) is 24.6. The van der Waals surface area contributed by atoms with E-state index in [4.69, 9.17) is 4.99 Å². The number of nitrogens with one attached hydrogen (secondary N) is 1. The smallest absolute Gasteiger partial charge is 0.406 e. The van der Waals surface area contributed by atoms with Crippen molar-refractivity contribution < 1.29 is 35.8 Å². The monoisotopic (exact) mass is 794 g/mol. The van der Waals surface area contributed by atoms with Gasteiger partial charge in [-0.3, -0.25) is 4.99 Å². The number of nitrogens with zero attached hydrogens (tertiary/aromatic N) is 1. The molecule has 0 saturated carbocycles. The highest BCUT2D eigenvalue weighted by molar-refractivity contribution is 5.90. The van der Waals surface area contributed by atoms with E-state index in [9.17, 15) is 26.3 Å². The quantitative estimate of drug-likeness (QED) is 0.173. The van der Waals surface area contributed by atoms with Gasteiger partial charge in [-0.1, -0.05) is 103 Å². The van der Waals surface area contributed by atoms with Gasteiger partial charge in [0.2, 0.25) is 0 Å². The number of allylic oxidation sites excluding steroid dienone is 10. The summed E-state index contributed by atoms with van der Waals surface area (Å²) < 4.78 is 85.6. The highest BCUT2D eigenvalue weighted by Gasteiger charge is 2.37. The summed E-state index contributed by atoms with van der Waals surface area (Å²) in [6.07, 6.45) is 22.9. The largest absolute Gasteiger partial charge is 0.573 e. The van der Waals surface area contributed by atoms with Gasteiger partial charge in [0.1, 0.15) is 17.3 Å². The molecule has 4 nitrogen and oxygen atoms in total. The fourth-order valence-electron chi connectivity index (χ4n) is 8.72. The summed E-state index contributed by atoms with van der Waals surface area (Å²) in [5.41, 5.74) is 7.76. The van der Waals surface area contributed by atoms with E-state index in [1.165, 1.54) is 41.1 Å². The van der Waals surface area contributed by atoms with Crippen LogP contribution in [-0.4, -0.2) is 24.6 Å². The fraction of sp³-hybridized carbons (Fsp3) is 0.312. The van der Waals surface area contributed by atoms with Crippen molar-refractivity contribution in [2.24, 2.45) is 22.7 Å². The minimum absolute atomic E-state index is 0.00571. The number of rotatable bonds is 9. The lowest BCUT2D eigenvalue weighted by molar-refractivity contribution is -0.275. The van der Waals surface area contributed by atoms with E-state index in [2.05, 4.69) is 81.6 Å². The van der Waals surface area contributed by atoms with Crippen molar-refractivity contribution in [3.8, 4) is 33.8 Å². The van der Waals surface area contributed by atoms with Gasteiger partial charge in [-0.2, -0.15) is 0 Å². The van der Waals surface area contributed by atoms with Crippen LogP contribution in [0.4, 0.5) is 26.3 Å². The molecule has 300 valence electrons. The van der Waals surface area contributed by atoms with Gasteiger partial charge >= 0.3 is 12.7 Å². The Labute approximate surface area is 334 Å². The molecule has 0 saturated heterocycles. The molecule has 8 rings (SSSR count). The Bertz CT molecular complexity index is 2140. The van der Waals surface area contributed by atoms with E-state index in [0.29, 0.717) is 17.0 Å². The number of alkyl halides is 6. The molecule has 5 unspecified atom stereocenters. The van der Waals surface area contributed by atoms with Crippen LogP contribution in [0.2, 0.25) is 0 Å². The summed E-state index contributed by atoms with van der Waals surface area (Å²) in [5.74, 6) is 0.968. The average Bonchev–Trinajstić information content (AvgIpc) is 3.23. The zero-order valence-corrected chi connectivity index (χ0v) is 31.8. The summed E-state index contributed by atoms with van der Waals surface area (Å²) in [4.78, 5) is 5.57. The first kappa shape index (κ1) is 39.3. The number of hydrogen-bond donors (Lipinski definition) is 1. The van der Waals surface area contributed by atoms with Crippen LogP contribution >= 0.6 is 0 Å². The number of benzene rings is 3. The fourth-order valence-corrected chi connectivity index (χ4v) is 8.72. The Morgan fingerprint density at radius 3 is 1.79 bits per heavy atom. The molecule has 10 heteroatoms. The number of hydrogen-bond acceptors (Lipinski definition) is 4. The third-order valence-corrected chi connectivity index (χ3v) is 11.5. The third-order valence-electron chi connectivity index (χ3n) is 11.5. The van der Waals surface area contributed by atoms with Crippen LogP contribution in [0, 0.1) is 17.8 Å². The zero-order valence-electron chi connectivity index (χ0n) is 31.8. The van der Waals surface area contributed by atoms with Crippen molar-refractivity contribution in [2.75, 3.05) is 0 Å². The van der Waals surface area contributed by atoms with Crippen LogP contribution in [0.1, 0.15) is 62.8 Å². The molecular weight excluding hydrogens is 751 g/mol. The molecule has 0 spiro atoms. The lowest BCUT2D eigenvalue weighted by atomic mass is 9.75. The van der Waals surface area contributed by atoms with Gasteiger partial charge in [-0.05, 0) is 121 Å².